The Morgan fingerprint density at radius 2 is 2.21 bits per heavy atom. The molecule has 14 heavy (non-hydrogen) atoms. The van der Waals surface area contributed by atoms with Crippen LogP contribution in [0.25, 0.3) is 0 Å². The van der Waals surface area contributed by atoms with Crippen molar-refractivity contribution in [1.82, 2.24) is 5.32 Å². The van der Waals surface area contributed by atoms with E-state index < -0.39 is 0 Å². The lowest BCUT2D eigenvalue weighted by Gasteiger charge is -2.33. The van der Waals surface area contributed by atoms with Gasteiger partial charge in [-0.15, -0.1) is 0 Å². The molecule has 3 fully saturated rings. The first kappa shape index (κ1) is 9.97. The Hall–Kier alpha value is -0.570. The van der Waals surface area contributed by atoms with Crippen LogP contribution in [0.1, 0.15) is 32.6 Å². The fourth-order valence-electron chi connectivity index (χ4n) is 2.69. The molecule has 1 saturated carbocycles. The van der Waals surface area contributed by atoms with Gasteiger partial charge in [-0.2, -0.15) is 0 Å². The molecule has 2 heterocycles. The molecule has 1 N–H and O–H groups in total. The van der Waals surface area contributed by atoms with E-state index in [1.807, 2.05) is 6.92 Å². The van der Waals surface area contributed by atoms with Crippen LogP contribution in [0.2, 0.25) is 0 Å². The summed E-state index contributed by atoms with van der Waals surface area (Å²) in [5.41, 5.74) is -0.191. The van der Waals surface area contributed by atoms with Gasteiger partial charge in [-0.05, 0) is 45.1 Å². The predicted octanol–water partition coefficient (Wildman–Crippen LogP) is 1.33. The third-order valence-corrected chi connectivity index (χ3v) is 3.67. The molecule has 3 nitrogen and oxygen atoms in total. The molecule has 3 heteroatoms. The molecule has 0 aromatic rings. The van der Waals surface area contributed by atoms with Crippen LogP contribution in [0, 0.1) is 11.3 Å². The fourth-order valence-corrected chi connectivity index (χ4v) is 2.69. The van der Waals surface area contributed by atoms with Gasteiger partial charge in [0.1, 0.15) is 0 Å². The Morgan fingerprint density at radius 3 is 2.86 bits per heavy atom. The molecule has 3 aliphatic rings. The smallest absolute Gasteiger partial charge is 0.313 e. The van der Waals surface area contributed by atoms with Gasteiger partial charge in [0, 0.05) is 6.54 Å². The quantitative estimate of drug-likeness (QED) is 0.679. The maximum absolute atomic E-state index is 11.9. The number of carbonyl (C=O) groups is 1. The summed E-state index contributed by atoms with van der Waals surface area (Å²) >= 11 is 0. The van der Waals surface area contributed by atoms with E-state index in [4.69, 9.17) is 4.74 Å². The molecule has 0 aromatic heterocycles. The minimum atomic E-state index is -0.191. The van der Waals surface area contributed by atoms with E-state index in [9.17, 15) is 4.79 Å². The Morgan fingerprint density at radius 1 is 1.50 bits per heavy atom. The zero-order valence-electron chi connectivity index (χ0n) is 8.84. The van der Waals surface area contributed by atoms with Crippen molar-refractivity contribution in [2.75, 3.05) is 19.7 Å². The van der Waals surface area contributed by atoms with Crippen molar-refractivity contribution in [2.45, 2.75) is 32.6 Å². The molecule has 0 unspecified atom stereocenters. The zero-order valence-corrected chi connectivity index (χ0v) is 8.84. The highest BCUT2D eigenvalue weighted by molar-refractivity contribution is 5.77. The van der Waals surface area contributed by atoms with Crippen molar-refractivity contribution >= 4 is 5.97 Å². The summed E-state index contributed by atoms with van der Waals surface area (Å²) in [6.45, 7) is 4.29. The standard InChI is InChI=1S/C11H19NO2/c1-2-14-10(13)11-5-3-9(4-6-11)7-12-8-11/h9,12H,2-8H2,1H3. The predicted molar refractivity (Wildman–Crippen MR) is 53.9 cm³/mol. The maximum Gasteiger partial charge on any atom is 0.313 e. The number of fused-ring (bicyclic) bond motifs is 4. The number of nitrogens with one attached hydrogen (secondary N) is 1. The number of esters is 1. The lowest BCUT2D eigenvalue weighted by atomic mass is 9.72. The van der Waals surface area contributed by atoms with Crippen LogP contribution >= 0.6 is 0 Å². The molecule has 0 amide bonds. The minimum absolute atomic E-state index is 0.0212. The van der Waals surface area contributed by atoms with Crippen molar-refractivity contribution in [3.63, 3.8) is 0 Å². The summed E-state index contributed by atoms with van der Waals surface area (Å²) in [7, 11) is 0. The Bertz CT molecular complexity index is 214. The van der Waals surface area contributed by atoms with Gasteiger partial charge in [-0.25, -0.2) is 0 Å². The molecule has 3 rings (SSSR count). The van der Waals surface area contributed by atoms with Crippen molar-refractivity contribution in [3.8, 4) is 0 Å². The molecular weight excluding hydrogens is 178 g/mol. The lowest BCUT2D eigenvalue weighted by molar-refractivity contribution is -0.157. The van der Waals surface area contributed by atoms with Crippen molar-refractivity contribution in [2.24, 2.45) is 11.3 Å². The van der Waals surface area contributed by atoms with Crippen molar-refractivity contribution in [3.05, 3.63) is 0 Å². The minimum Gasteiger partial charge on any atom is -0.466 e. The van der Waals surface area contributed by atoms with Crippen LogP contribution < -0.4 is 5.32 Å². The summed E-state index contributed by atoms with van der Waals surface area (Å²) < 4.78 is 5.18. The van der Waals surface area contributed by atoms with Crippen molar-refractivity contribution in [1.29, 1.82) is 0 Å². The van der Waals surface area contributed by atoms with Crippen LogP contribution in [-0.4, -0.2) is 25.7 Å². The largest absolute Gasteiger partial charge is 0.466 e. The highest BCUT2D eigenvalue weighted by atomic mass is 16.5. The van der Waals surface area contributed by atoms with E-state index in [-0.39, 0.29) is 11.4 Å². The van der Waals surface area contributed by atoms with Gasteiger partial charge in [0.2, 0.25) is 0 Å². The molecule has 80 valence electrons. The third-order valence-electron chi connectivity index (χ3n) is 3.67. The molecule has 2 saturated heterocycles. The van der Waals surface area contributed by atoms with E-state index in [1.165, 1.54) is 12.8 Å². The van der Waals surface area contributed by atoms with Gasteiger partial charge in [-0.3, -0.25) is 4.79 Å². The van der Waals surface area contributed by atoms with Gasteiger partial charge in [0.05, 0.1) is 12.0 Å². The van der Waals surface area contributed by atoms with Gasteiger partial charge >= 0.3 is 5.97 Å². The summed E-state index contributed by atoms with van der Waals surface area (Å²) in [6.07, 6.45) is 4.41. The topological polar surface area (TPSA) is 38.3 Å². The van der Waals surface area contributed by atoms with E-state index >= 15 is 0 Å². The zero-order chi connectivity index (χ0) is 10.0. The maximum atomic E-state index is 11.9. The van der Waals surface area contributed by atoms with E-state index in [0.29, 0.717) is 6.61 Å². The lowest BCUT2D eigenvalue weighted by Crippen LogP contribution is -2.40. The summed E-state index contributed by atoms with van der Waals surface area (Å²) in [5.74, 6) is 0.813. The molecule has 2 aliphatic heterocycles. The first-order valence-electron chi connectivity index (χ1n) is 5.65. The summed E-state index contributed by atoms with van der Waals surface area (Å²) in [5, 5.41) is 3.39. The van der Waals surface area contributed by atoms with E-state index in [0.717, 1.165) is 31.8 Å². The normalized spacial score (nSPS) is 36.5. The monoisotopic (exact) mass is 197 g/mol. The van der Waals surface area contributed by atoms with Crippen LogP contribution in [0.15, 0.2) is 0 Å². The van der Waals surface area contributed by atoms with Gasteiger partial charge < -0.3 is 10.1 Å². The van der Waals surface area contributed by atoms with Crippen LogP contribution in [0.3, 0.4) is 0 Å². The number of rotatable bonds is 2. The molecule has 0 radical (unpaired) electrons. The second kappa shape index (κ2) is 3.89. The Labute approximate surface area is 85.2 Å². The third kappa shape index (κ3) is 1.65. The van der Waals surface area contributed by atoms with Gasteiger partial charge in [0.25, 0.3) is 0 Å². The number of ether oxygens (including phenoxy) is 1. The van der Waals surface area contributed by atoms with Gasteiger partial charge in [0.15, 0.2) is 0 Å². The number of hydrogen-bond acceptors (Lipinski definition) is 3. The average Bonchev–Trinajstić information content (AvgIpc) is 2.52. The molecule has 0 spiro atoms. The van der Waals surface area contributed by atoms with Crippen LogP contribution in [-0.2, 0) is 9.53 Å². The molecule has 1 aliphatic carbocycles. The number of hydrogen-bond donors (Lipinski definition) is 1. The fraction of sp³-hybridized carbons (Fsp3) is 0.909. The highest BCUT2D eigenvalue weighted by Crippen LogP contribution is 2.41. The summed E-state index contributed by atoms with van der Waals surface area (Å²) in [4.78, 5) is 11.9. The SMILES string of the molecule is CCOC(=O)C12CCC(CC1)CNC2. The molecule has 0 atom stereocenters. The van der Waals surface area contributed by atoms with Crippen molar-refractivity contribution < 1.29 is 9.53 Å². The average molecular weight is 197 g/mol. The second-order valence-electron chi connectivity index (χ2n) is 4.58. The van der Waals surface area contributed by atoms with E-state index in [2.05, 4.69) is 5.32 Å². The molecular formula is C11H19NO2. The summed E-state index contributed by atoms with van der Waals surface area (Å²) in [6, 6.07) is 0. The number of carbonyl (C=O) groups excluding carboxylic acids is 1. The Balaban J connectivity index is 2.09. The van der Waals surface area contributed by atoms with Crippen LogP contribution in [0.5, 0.6) is 0 Å². The first-order chi connectivity index (χ1) is 6.77. The molecule has 2 bridgehead atoms. The van der Waals surface area contributed by atoms with E-state index in [1.54, 1.807) is 0 Å². The Kier molecular flexibility index (Phi) is 2.77. The van der Waals surface area contributed by atoms with Gasteiger partial charge in [-0.1, -0.05) is 0 Å². The highest BCUT2D eigenvalue weighted by Gasteiger charge is 2.44. The second-order valence-corrected chi connectivity index (χ2v) is 4.58. The molecule has 0 aromatic carbocycles. The first-order valence-corrected chi connectivity index (χ1v) is 5.65. The van der Waals surface area contributed by atoms with Crippen LogP contribution in [0.4, 0.5) is 0 Å².